The Labute approximate surface area is 163 Å². The molecule has 11 heteroatoms. The monoisotopic (exact) mass is 413 g/mol. The van der Waals surface area contributed by atoms with Crippen LogP contribution >= 0.6 is 23.2 Å². The van der Waals surface area contributed by atoms with Gasteiger partial charge in [-0.1, -0.05) is 35.3 Å². The van der Waals surface area contributed by atoms with E-state index < -0.39 is 23.3 Å². The van der Waals surface area contributed by atoms with Gasteiger partial charge in [-0.2, -0.15) is 0 Å². The summed E-state index contributed by atoms with van der Waals surface area (Å²) in [7, 11) is 1.38. The quantitative estimate of drug-likeness (QED) is 0.554. The number of hydrogen-bond acceptors (Lipinski definition) is 6. The Morgan fingerprint density at radius 1 is 1.15 bits per heavy atom. The number of ether oxygens (including phenoxy) is 2. The molecular formula is C16H13Cl2N3O6. The van der Waals surface area contributed by atoms with E-state index in [-0.39, 0.29) is 32.8 Å². The first-order valence-corrected chi connectivity index (χ1v) is 8.07. The molecule has 27 heavy (non-hydrogen) atoms. The standard InChI is InChI=1S/C16H13Cl2N3O6/c1-26-15-10(17)6-9(7-11(15)18)16(23)20-19-14(22)8-27-13-5-3-2-4-12(13)21(24)25/h2-7H,8H2,1H3,(H,19,22)(H,20,23). The largest absolute Gasteiger partial charge is 0.494 e. The number of carbonyl (C=O) groups excluding carboxylic acids is 2. The van der Waals surface area contributed by atoms with E-state index in [0.29, 0.717) is 0 Å². The number of methoxy groups -OCH3 is 1. The van der Waals surface area contributed by atoms with Crippen molar-refractivity contribution >= 4 is 40.7 Å². The highest BCUT2D eigenvalue weighted by molar-refractivity contribution is 6.37. The average Bonchev–Trinajstić information content (AvgIpc) is 2.64. The number of hydrazine groups is 1. The lowest BCUT2D eigenvalue weighted by Crippen LogP contribution is -2.43. The van der Waals surface area contributed by atoms with Crippen LogP contribution in [0.1, 0.15) is 10.4 Å². The number of nitro benzene ring substituents is 1. The zero-order valence-corrected chi connectivity index (χ0v) is 15.3. The van der Waals surface area contributed by atoms with Crippen LogP contribution in [-0.4, -0.2) is 30.5 Å². The predicted molar refractivity (Wildman–Crippen MR) is 97.2 cm³/mol. The molecule has 0 fully saturated rings. The maximum absolute atomic E-state index is 12.1. The van der Waals surface area contributed by atoms with E-state index in [2.05, 4.69) is 10.9 Å². The molecule has 0 heterocycles. The Morgan fingerprint density at radius 3 is 2.37 bits per heavy atom. The summed E-state index contributed by atoms with van der Waals surface area (Å²) in [5.74, 6) is -1.26. The first-order chi connectivity index (χ1) is 12.8. The predicted octanol–water partition coefficient (Wildman–Crippen LogP) is 2.75. The SMILES string of the molecule is COc1c(Cl)cc(C(=O)NNC(=O)COc2ccccc2[N+](=O)[O-])cc1Cl. The van der Waals surface area contributed by atoms with E-state index in [9.17, 15) is 19.7 Å². The van der Waals surface area contributed by atoms with Gasteiger partial charge in [0.25, 0.3) is 11.8 Å². The summed E-state index contributed by atoms with van der Waals surface area (Å²) >= 11 is 11.9. The lowest BCUT2D eigenvalue weighted by molar-refractivity contribution is -0.385. The molecule has 0 radical (unpaired) electrons. The minimum absolute atomic E-state index is 0.0716. The minimum atomic E-state index is -0.729. The molecule has 0 unspecified atom stereocenters. The summed E-state index contributed by atoms with van der Waals surface area (Å²) in [6, 6.07) is 8.22. The van der Waals surface area contributed by atoms with Gasteiger partial charge in [-0.25, -0.2) is 0 Å². The van der Waals surface area contributed by atoms with E-state index in [1.807, 2.05) is 0 Å². The molecule has 2 N–H and O–H groups in total. The number of nitro groups is 1. The molecule has 0 aliphatic carbocycles. The third kappa shape index (κ3) is 5.22. The van der Waals surface area contributed by atoms with E-state index in [0.717, 1.165) is 0 Å². The first kappa shape index (κ1) is 20.3. The molecule has 2 amide bonds. The van der Waals surface area contributed by atoms with Gasteiger partial charge in [0.1, 0.15) is 0 Å². The van der Waals surface area contributed by atoms with Crippen molar-refractivity contribution < 1.29 is 24.0 Å². The van der Waals surface area contributed by atoms with Gasteiger partial charge >= 0.3 is 5.69 Å². The number of carbonyl (C=O) groups is 2. The minimum Gasteiger partial charge on any atom is -0.494 e. The van der Waals surface area contributed by atoms with Crippen molar-refractivity contribution in [2.75, 3.05) is 13.7 Å². The van der Waals surface area contributed by atoms with Crippen LogP contribution in [0.15, 0.2) is 36.4 Å². The summed E-state index contributed by atoms with van der Waals surface area (Å²) in [5.41, 5.74) is 4.08. The molecule has 0 bridgehead atoms. The van der Waals surface area contributed by atoms with Gasteiger partial charge in [-0.3, -0.25) is 30.6 Å². The lowest BCUT2D eigenvalue weighted by atomic mass is 10.2. The van der Waals surface area contributed by atoms with Gasteiger partial charge in [-0.15, -0.1) is 0 Å². The van der Waals surface area contributed by atoms with Crippen LogP contribution in [0.3, 0.4) is 0 Å². The lowest BCUT2D eigenvalue weighted by Gasteiger charge is -2.11. The van der Waals surface area contributed by atoms with Crippen LogP contribution in [0.25, 0.3) is 0 Å². The first-order valence-electron chi connectivity index (χ1n) is 7.32. The van der Waals surface area contributed by atoms with E-state index in [1.54, 1.807) is 0 Å². The van der Waals surface area contributed by atoms with Crippen molar-refractivity contribution in [1.29, 1.82) is 0 Å². The van der Waals surface area contributed by atoms with Gasteiger partial charge in [0.15, 0.2) is 18.1 Å². The van der Waals surface area contributed by atoms with Crippen molar-refractivity contribution in [2.45, 2.75) is 0 Å². The summed E-state index contributed by atoms with van der Waals surface area (Å²) < 4.78 is 10.1. The molecule has 0 spiro atoms. The second-order valence-electron chi connectivity index (χ2n) is 4.99. The zero-order valence-electron chi connectivity index (χ0n) is 13.8. The highest BCUT2D eigenvalue weighted by Gasteiger charge is 2.16. The van der Waals surface area contributed by atoms with E-state index in [1.165, 1.54) is 43.5 Å². The fourth-order valence-corrected chi connectivity index (χ4v) is 2.64. The van der Waals surface area contributed by atoms with Crippen LogP contribution in [0.5, 0.6) is 11.5 Å². The van der Waals surface area contributed by atoms with Crippen molar-refractivity contribution in [3.8, 4) is 11.5 Å². The molecule has 0 atom stereocenters. The van der Waals surface area contributed by atoms with Crippen LogP contribution in [0, 0.1) is 10.1 Å². The molecule has 9 nitrogen and oxygen atoms in total. The maximum atomic E-state index is 12.1. The molecule has 0 saturated carbocycles. The van der Waals surface area contributed by atoms with Crippen LogP contribution in [0.4, 0.5) is 5.69 Å². The van der Waals surface area contributed by atoms with E-state index in [4.69, 9.17) is 32.7 Å². The Bertz CT molecular complexity index is 867. The molecule has 0 aliphatic rings. The zero-order chi connectivity index (χ0) is 20.0. The number of amides is 2. The Balaban J connectivity index is 1.92. The number of rotatable bonds is 6. The van der Waals surface area contributed by atoms with Gasteiger partial charge in [-0.05, 0) is 18.2 Å². The normalized spacial score (nSPS) is 10.0. The third-order valence-corrected chi connectivity index (χ3v) is 3.76. The van der Waals surface area contributed by atoms with Crippen molar-refractivity contribution in [3.63, 3.8) is 0 Å². The number of nitrogens with zero attached hydrogens (tertiary/aromatic N) is 1. The smallest absolute Gasteiger partial charge is 0.310 e. The second-order valence-corrected chi connectivity index (χ2v) is 5.80. The van der Waals surface area contributed by atoms with Crippen LogP contribution < -0.4 is 20.3 Å². The third-order valence-electron chi connectivity index (χ3n) is 3.20. The maximum Gasteiger partial charge on any atom is 0.310 e. The molecule has 0 aromatic heterocycles. The fourth-order valence-electron chi connectivity index (χ4n) is 1.99. The number of nitrogens with one attached hydrogen (secondary N) is 2. The fraction of sp³-hybridized carbons (Fsp3) is 0.125. The Morgan fingerprint density at radius 2 is 1.78 bits per heavy atom. The second kappa shape index (κ2) is 9.06. The molecular weight excluding hydrogens is 401 g/mol. The summed E-state index contributed by atoms with van der Waals surface area (Å²) in [4.78, 5) is 34.1. The highest BCUT2D eigenvalue weighted by Crippen LogP contribution is 2.33. The molecule has 0 saturated heterocycles. The molecule has 142 valence electrons. The Hall–Kier alpha value is -3.04. The number of benzene rings is 2. The summed E-state index contributed by atoms with van der Waals surface area (Å²) in [5, 5.41) is 11.1. The molecule has 2 rings (SSSR count). The van der Waals surface area contributed by atoms with Crippen LogP contribution in [-0.2, 0) is 4.79 Å². The van der Waals surface area contributed by atoms with Crippen molar-refractivity contribution in [1.82, 2.24) is 10.9 Å². The van der Waals surface area contributed by atoms with Gasteiger partial charge < -0.3 is 9.47 Å². The topological polar surface area (TPSA) is 120 Å². The Kier molecular flexibility index (Phi) is 6.80. The molecule has 2 aromatic carbocycles. The molecule has 2 aromatic rings. The number of halogens is 2. The summed E-state index contributed by atoms with van der Waals surface area (Å²) in [6.45, 7) is -0.546. The summed E-state index contributed by atoms with van der Waals surface area (Å²) in [6.07, 6.45) is 0. The number of para-hydroxylation sites is 2. The number of hydrogen-bond donors (Lipinski definition) is 2. The van der Waals surface area contributed by atoms with E-state index >= 15 is 0 Å². The average molecular weight is 414 g/mol. The molecule has 0 aliphatic heterocycles. The van der Waals surface area contributed by atoms with Gasteiger partial charge in [0, 0.05) is 11.6 Å². The van der Waals surface area contributed by atoms with Crippen LogP contribution in [0.2, 0.25) is 10.0 Å². The van der Waals surface area contributed by atoms with Crippen molar-refractivity contribution in [2.24, 2.45) is 0 Å². The van der Waals surface area contributed by atoms with Gasteiger partial charge in [0.05, 0.1) is 22.1 Å². The van der Waals surface area contributed by atoms with Gasteiger partial charge in [0.2, 0.25) is 0 Å². The highest BCUT2D eigenvalue weighted by atomic mass is 35.5. The van der Waals surface area contributed by atoms with Crippen molar-refractivity contribution in [3.05, 3.63) is 62.1 Å².